The highest BCUT2D eigenvalue weighted by Crippen LogP contribution is 2.34. The van der Waals surface area contributed by atoms with Gasteiger partial charge in [0.15, 0.2) is 17.2 Å². The number of thiophene rings is 1. The summed E-state index contributed by atoms with van der Waals surface area (Å²) in [5.41, 5.74) is 5.51. The maximum atomic E-state index is 12.5. The first-order valence-electron chi connectivity index (χ1n) is 10.9. The Labute approximate surface area is 189 Å². The quantitative estimate of drug-likeness (QED) is 0.307. The van der Waals surface area contributed by atoms with Gasteiger partial charge in [0.05, 0.1) is 29.5 Å². The molecule has 0 aliphatic heterocycles. The van der Waals surface area contributed by atoms with E-state index in [0.29, 0.717) is 18.9 Å². The molecule has 5 aromatic rings. The summed E-state index contributed by atoms with van der Waals surface area (Å²) < 4.78 is 2.15. The summed E-state index contributed by atoms with van der Waals surface area (Å²) in [4.78, 5) is 23.3. The number of hydrogen-bond acceptors (Lipinski definition) is 5. The first-order chi connectivity index (χ1) is 15.8. The van der Waals surface area contributed by atoms with E-state index in [-0.39, 0.29) is 5.78 Å². The fourth-order valence-electron chi connectivity index (χ4n) is 4.12. The van der Waals surface area contributed by atoms with Gasteiger partial charge in [0, 0.05) is 22.4 Å². The minimum absolute atomic E-state index is 0.243. The van der Waals surface area contributed by atoms with Crippen LogP contribution in [-0.4, -0.2) is 20.2 Å². The maximum absolute atomic E-state index is 12.5. The topological polar surface area (TPSA) is 59.3 Å². The second-order valence-electron chi connectivity index (χ2n) is 8.33. The van der Waals surface area contributed by atoms with Crippen molar-refractivity contribution in [2.24, 2.45) is 5.92 Å². The van der Waals surface area contributed by atoms with E-state index in [1.54, 1.807) is 11.3 Å². The number of hydrogen-bond donors (Lipinski definition) is 1. The highest BCUT2D eigenvalue weighted by atomic mass is 32.1. The molecule has 158 valence electrons. The average Bonchev–Trinajstić information content (AvgIpc) is 3.30. The third kappa shape index (κ3) is 3.56. The van der Waals surface area contributed by atoms with E-state index in [4.69, 9.17) is 9.97 Å². The Hall–Kier alpha value is -3.51. The van der Waals surface area contributed by atoms with Crippen LogP contribution < -0.4 is 5.32 Å². The van der Waals surface area contributed by atoms with E-state index in [1.165, 1.54) is 17.7 Å². The molecule has 1 aliphatic rings. The number of Topliss-reactive ketones (excluding diaryl/α,β-unsaturated/α-hetero) is 1. The summed E-state index contributed by atoms with van der Waals surface area (Å²) in [6.07, 6.45) is 4.94. The fourth-order valence-corrected chi connectivity index (χ4v) is 4.76. The van der Waals surface area contributed by atoms with E-state index in [0.717, 1.165) is 39.3 Å². The predicted molar refractivity (Wildman–Crippen MR) is 129 cm³/mol. The largest absolute Gasteiger partial charge is 0.362 e. The van der Waals surface area contributed by atoms with Crippen molar-refractivity contribution in [1.29, 1.82) is 0 Å². The smallest absolute Gasteiger partial charge is 0.181 e. The summed E-state index contributed by atoms with van der Waals surface area (Å²) >= 11 is 1.72. The maximum Gasteiger partial charge on any atom is 0.181 e. The number of carbonyl (C=O) groups is 1. The summed E-state index contributed by atoms with van der Waals surface area (Å²) in [7, 11) is 0. The lowest BCUT2D eigenvalue weighted by atomic mass is 10.0. The molecule has 0 atom stereocenters. The Morgan fingerprint density at radius 3 is 2.69 bits per heavy atom. The molecule has 0 unspecified atom stereocenters. The number of anilines is 1. The Bertz CT molecular complexity index is 1420. The molecule has 6 rings (SSSR count). The molecular formula is C26H22N4OS. The van der Waals surface area contributed by atoms with E-state index >= 15 is 0 Å². The van der Waals surface area contributed by atoms with Gasteiger partial charge in [-0.1, -0.05) is 42.5 Å². The van der Waals surface area contributed by atoms with Gasteiger partial charge in [0.2, 0.25) is 0 Å². The molecule has 2 aromatic carbocycles. The van der Waals surface area contributed by atoms with E-state index in [1.807, 2.05) is 48.7 Å². The zero-order valence-corrected chi connectivity index (χ0v) is 18.3. The summed E-state index contributed by atoms with van der Waals surface area (Å²) in [6.45, 7) is 0.707. The van der Waals surface area contributed by atoms with Crippen LogP contribution in [0.3, 0.4) is 0 Å². The summed E-state index contributed by atoms with van der Waals surface area (Å²) in [5.74, 6) is 1.60. The van der Waals surface area contributed by atoms with Crippen LogP contribution in [-0.2, 0) is 6.54 Å². The van der Waals surface area contributed by atoms with Gasteiger partial charge in [-0.2, -0.15) is 0 Å². The third-order valence-electron chi connectivity index (χ3n) is 6.01. The molecule has 0 spiro atoms. The molecule has 1 saturated carbocycles. The van der Waals surface area contributed by atoms with Crippen molar-refractivity contribution in [3.05, 3.63) is 82.7 Å². The highest BCUT2D eigenvalue weighted by molar-refractivity contribution is 7.09. The van der Waals surface area contributed by atoms with E-state index in [9.17, 15) is 4.79 Å². The Kier molecular flexibility index (Phi) is 4.72. The van der Waals surface area contributed by atoms with Crippen molar-refractivity contribution < 1.29 is 4.79 Å². The monoisotopic (exact) mass is 438 g/mol. The van der Waals surface area contributed by atoms with Gasteiger partial charge in [-0.05, 0) is 42.3 Å². The molecule has 32 heavy (non-hydrogen) atoms. The van der Waals surface area contributed by atoms with Crippen molar-refractivity contribution in [2.75, 3.05) is 5.32 Å². The number of ketones is 1. The molecular weight excluding hydrogens is 416 g/mol. The first kappa shape index (κ1) is 19.2. The number of imidazole rings is 1. The molecule has 0 radical (unpaired) electrons. The number of para-hydroxylation sites is 2. The van der Waals surface area contributed by atoms with Crippen molar-refractivity contribution >= 4 is 39.6 Å². The van der Waals surface area contributed by atoms with Crippen LogP contribution in [0.15, 0.2) is 72.2 Å². The average molecular weight is 439 g/mol. The SMILES string of the molecule is O=C(CC1CC1)c1ccc(-c2cnc3c(NCc4cccs4)nc4ccccc4n23)cc1. The fraction of sp³-hybridized carbons (Fsp3) is 0.192. The Morgan fingerprint density at radius 1 is 1.06 bits per heavy atom. The van der Waals surface area contributed by atoms with Crippen LogP contribution in [0.25, 0.3) is 27.9 Å². The van der Waals surface area contributed by atoms with Crippen molar-refractivity contribution in [3.63, 3.8) is 0 Å². The number of benzene rings is 2. The number of rotatable bonds is 7. The molecule has 5 nitrogen and oxygen atoms in total. The van der Waals surface area contributed by atoms with Gasteiger partial charge in [0.25, 0.3) is 0 Å². The zero-order valence-electron chi connectivity index (χ0n) is 17.5. The third-order valence-corrected chi connectivity index (χ3v) is 6.89. The van der Waals surface area contributed by atoms with Crippen molar-refractivity contribution in [3.8, 4) is 11.3 Å². The van der Waals surface area contributed by atoms with Gasteiger partial charge in [0.1, 0.15) is 0 Å². The molecule has 1 fully saturated rings. The van der Waals surface area contributed by atoms with Gasteiger partial charge < -0.3 is 5.32 Å². The second kappa shape index (κ2) is 7.88. The molecule has 0 bridgehead atoms. The van der Waals surface area contributed by atoms with Crippen LogP contribution in [0, 0.1) is 5.92 Å². The summed E-state index contributed by atoms with van der Waals surface area (Å²) in [5, 5.41) is 5.54. The van der Waals surface area contributed by atoms with Crippen LogP contribution >= 0.6 is 11.3 Å². The lowest BCUT2D eigenvalue weighted by Crippen LogP contribution is -2.04. The lowest BCUT2D eigenvalue weighted by Gasteiger charge is -2.11. The standard InChI is InChI=1S/C26H22N4OS/c31-24(14-17-7-8-17)19-11-9-18(10-12-19)23-16-28-26-25(27-15-20-4-3-13-32-20)29-21-5-1-2-6-22(21)30(23)26/h1-6,9-13,16-17H,7-8,14-15H2,(H,27,29). The van der Waals surface area contributed by atoms with Crippen molar-refractivity contribution in [2.45, 2.75) is 25.8 Å². The van der Waals surface area contributed by atoms with Crippen LogP contribution in [0.2, 0.25) is 0 Å². The van der Waals surface area contributed by atoms with Crippen LogP contribution in [0.1, 0.15) is 34.5 Å². The molecule has 0 amide bonds. The predicted octanol–water partition coefficient (Wildman–Crippen LogP) is 6.21. The van der Waals surface area contributed by atoms with E-state index < -0.39 is 0 Å². The Balaban J connectivity index is 1.41. The second-order valence-corrected chi connectivity index (χ2v) is 9.36. The lowest BCUT2D eigenvalue weighted by molar-refractivity contribution is 0.0976. The Morgan fingerprint density at radius 2 is 1.91 bits per heavy atom. The van der Waals surface area contributed by atoms with Gasteiger partial charge in [-0.3, -0.25) is 9.20 Å². The van der Waals surface area contributed by atoms with Crippen LogP contribution in [0.5, 0.6) is 0 Å². The van der Waals surface area contributed by atoms with Gasteiger partial charge >= 0.3 is 0 Å². The molecule has 1 N–H and O–H groups in total. The molecule has 1 aliphatic carbocycles. The normalized spacial score (nSPS) is 13.6. The minimum atomic E-state index is 0.243. The number of nitrogens with one attached hydrogen (secondary N) is 1. The van der Waals surface area contributed by atoms with Gasteiger partial charge in [-0.15, -0.1) is 11.3 Å². The van der Waals surface area contributed by atoms with Gasteiger partial charge in [-0.25, -0.2) is 9.97 Å². The summed E-state index contributed by atoms with van der Waals surface area (Å²) in [6, 6.07) is 20.2. The van der Waals surface area contributed by atoms with Crippen molar-refractivity contribution in [1.82, 2.24) is 14.4 Å². The highest BCUT2D eigenvalue weighted by Gasteiger charge is 2.25. The zero-order chi connectivity index (χ0) is 21.5. The van der Waals surface area contributed by atoms with Crippen LogP contribution in [0.4, 0.5) is 5.82 Å². The number of nitrogens with zero attached hydrogens (tertiary/aromatic N) is 3. The number of fused-ring (bicyclic) bond motifs is 3. The first-order valence-corrected chi connectivity index (χ1v) is 11.8. The number of carbonyl (C=O) groups excluding carboxylic acids is 1. The minimum Gasteiger partial charge on any atom is -0.362 e. The van der Waals surface area contributed by atoms with E-state index in [2.05, 4.69) is 33.3 Å². The molecule has 0 saturated heterocycles. The molecule has 3 heterocycles. The molecule has 6 heteroatoms. The number of aromatic nitrogens is 3. The molecule has 3 aromatic heterocycles.